The van der Waals surface area contributed by atoms with E-state index in [4.69, 9.17) is 97.5 Å². The second-order valence-electron chi connectivity index (χ2n) is 10.9. The minimum Gasteiger partial charge on any atom is -0.423 e. The summed E-state index contributed by atoms with van der Waals surface area (Å²) >= 11 is 55.2. The summed E-state index contributed by atoms with van der Waals surface area (Å²) < 4.78 is 3.95. The van der Waals surface area contributed by atoms with Gasteiger partial charge < -0.3 is 4.74 Å². The third kappa shape index (κ3) is 5.19. The number of hydrogen-bond acceptors (Lipinski definition) is 6. The van der Waals surface area contributed by atoms with Crippen LogP contribution in [0.2, 0.25) is 10.0 Å². The van der Waals surface area contributed by atoms with Crippen LogP contribution in [0, 0.1) is 11.8 Å². The molecule has 8 nitrogen and oxygen atoms in total. The van der Waals surface area contributed by atoms with Crippen molar-refractivity contribution in [3.63, 3.8) is 0 Å². The van der Waals surface area contributed by atoms with E-state index >= 15 is 0 Å². The molecule has 17 heteroatoms. The summed E-state index contributed by atoms with van der Waals surface area (Å²) in [5.41, 5.74) is 0.139. The molecule has 1 aliphatic heterocycles. The van der Waals surface area contributed by atoms with Gasteiger partial charge >= 0.3 is 5.97 Å². The Hall–Kier alpha value is -2.05. The van der Waals surface area contributed by atoms with Gasteiger partial charge in [0.1, 0.15) is 22.0 Å². The number of carbonyl (C=O) groups excluding carboxylic acids is 5. The Morgan fingerprint density at radius 2 is 1.29 bits per heavy atom. The van der Waals surface area contributed by atoms with Gasteiger partial charge in [0, 0.05) is 15.1 Å². The second-order valence-corrected chi connectivity index (χ2v) is 15.9. The molecule has 3 amide bonds. The normalized spacial score (nSPS) is 25.4. The van der Waals surface area contributed by atoms with Crippen LogP contribution in [-0.2, 0) is 9.59 Å². The molecule has 0 unspecified atom stereocenters. The molecule has 0 radical (unpaired) electrons. The number of hydrogen-bond donors (Lipinski definition) is 0. The highest BCUT2D eigenvalue weighted by molar-refractivity contribution is 9.10. The number of halogens is 9. The van der Waals surface area contributed by atoms with Crippen molar-refractivity contribution in [1.82, 2.24) is 10.0 Å². The zero-order valence-corrected chi connectivity index (χ0v) is 31.1. The number of alkyl halides is 4. The number of ketones is 1. The molecule has 2 bridgehead atoms. The van der Waals surface area contributed by atoms with Crippen molar-refractivity contribution in [2.75, 3.05) is 6.54 Å². The van der Waals surface area contributed by atoms with Crippen molar-refractivity contribution in [1.29, 1.82) is 0 Å². The van der Waals surface area contributed by atoms with E-state index in [0.29, 0.717) is 15.6 Å². The lowest BCUT2D eigenvalue weighted by atomic mass is 9.84. The van der Waals surface area contributed by atoms with Gasteiger partial charge in [-0.1, -0.05) is 85.5 Å². The monoisotopic (exact) mass is 870 g/mol. The lowest BCUT2D eigenvalue weighted by Crippen LogP contribution is -2.56. The van der Waals surface area contributed by atoms with Crippen LogP contribution in [0.5, 0.6) is 5.75 Å². The number of fused-ring (bicyclic) bond motifs is 5. The largest absolute Gasteiger partial charge is 0.423 e. The first-order valence-corrected chi connectivity index (χ1v) is 17.4. The molecular weight excluding hydrogens is 860 g/mol. The summed E-state index contributed by atoms with van der Waals surface area (Å²) in [4.78, 5) is 64.1. The Morgan fingerprint density at radius 1 is 0.771 bits per heavy atom. The number of benzene rings is 3. The third-order valence-corrected chi connectivity index (χ3v) is 13.6. The molecule has 2 fully saturated rings. The van der Waals surface area contributed by atoms with E-state index in [0.717, 1.165) is 4.47 Å². The highest BCUT2D eigenvalue weighted by Crippen LogP contribution is 2.77. The molecule has 3 aliphatic rings. The average molecular weight is 875 g/mol. The molecule has 48 heavy (non-hydrogen) atoms. The fraction of sp³-hybridized carbons (Fsp3) is 0.194. The molecule has 2 aliphatic carbocycles. The summed E-state index contributed by atoms with van der Waals surface area (Å²) in [6.07, 6.45) is 0. The number of imide groups is 1. The van der Waals surface area contributed by atoms with Crippen molar-refractivity contribution in [3.05, 3.63) is 108 Å². The van der Waals surface area contributed by atoms with Crippen LogP contribution in [0.1, 0.15) is 31.1 Å². The van der Waals surface area contributed by atoms with Crippen LogP contribution in [0.3, 0.4) is 0 Å². The summed E-state index contributed by atoms with van der Waals surface area (Å²) in [6, 6.07) is 15.8. The number of nitrogens with zero attached hydrogens (tertiary/aromatic N) is 2. The molecule has 3 aromatic rings. The van der Waals surface area contributed by atoms with Gasteiger partial charge in [-0.15, -0.1) is 23.2 Å². The van der Waals surface area contributed by atoms with E-state index in [9.17, 15) is 24.0 Å². The molecule has 1 heterocycles. The fourth-order valence-electron chi connectivity index (χ4n) is 5.94. The van der Waals surface area contributed by atoms with Gasteiger partial charge in [0.25, 0.3) is 17.7 Å². The molecule has 1 saturated carbocycles. The zero-order valence-electron chi connectivity index (χ0n) is 23.5. The smallest absolute Gasteiger partial charge is 0.343 e. The summed E-state index contributed by atoms with van der Waals surface area (Å²) in [5.74, 6) is -7.50. The first kappa shape index (κ1) is 35.8. The van der Waals surface area contributed by atoms with Gasteiger partial charge in [-0.05, 0) is 66.7 Å². The molecule has 3 aromatic carbocycles. The lowest BCUT2D eigenvalue weighted by molar-refractivity contribution is -0.154. The van der Waals surface area contributed by atoms with E-state index in [-0.39, 0.29) is 37.0 Å². The molecular formula is C31H15BrCl8N2O6. The maximum atomic E-state index is 14.1. The average Bonchev–Trinajstić information content (AvgIpc) is 3.42. The highest BCUT2D eigenvalue weighted by Gasteiger charge is 2.88. The predicted molar refractivity (Wildman–Crippen MR) is 187 cm³/mol. The third-order valence-electron chi connectivity index (χ3n) is 8.28. The van der Waals surface area contributed by atoms with Crippen molar-refractivity contribution >= 4 is 138 Å². The second kappa shape index (κ2) is 12.6. The predicted octanol–water partition coefficient (Wildman–Crippen LogP) is 8.66. The Morgan fingerprint density at radius 3 is 1.81 bits per heavy atom. The van der Waals surface area contributed by atoms with Crippen molar-refractivity contribution < 1.29 is 28.7 Å². The molecule has 0 N–H and O–H groups in total. The first-order valence-electron chi connectivity index (χ1n) is 13.5. The summed E-state index contributed by atoms with van der Waals surface area (Å²) in [7, 11) is 0. The molecule has 1 saturated heterocycles. The van der Waals surface area contributed by atoms with Gasteiger partial charge in [-0.25, -0.2) is 9.80 Å². The summed E-state index contributed by atoms with van der Waals surface area (Å²) in [6.45, 7) is -0.848. The number of carbonyl (C=O) groups is 5. The van der Waals surface area contributed by atoms with Crippen LogP contribution < -0.4 is 4.74 Å². The standard InChI is InChI=1S/C31H15BrCl8N2O6/c32-15-5-1-14(2-6-15)28(47)48-17-8-3-13(4-9-17)20(43)12-41(25(44)18-10-7-16(33)11-19(18)34)42-26(45)21-22(27(42)46)30(38)24(36)23(35)29(21,37)31(30,39)40/h1-11,21-22H,12H2/t21-,22-,29+,30+/m0/s1. The minimum atomic E-state index is -2.21. The van der Waals surface area contributed by atoms with E-state index in [1.54, 1.807) is 24.3 Å². The number of rotatable bonds is 7. The van der Waals surface area contributed by atoms with E-state index in [1.807, 2.05) is 0 Å². The number of hydrazine groups is 1. The van der Waals surface area contributed by atoms with Crippen LogP contribution >= 0.6 is 109 Å². The zero-order chi connectivity index (χ0) is 35.1. The van der Waals surface area contributed by atoms with Gasteiger partial charge in [-0.2, -0.15) is 5.01 Å². The van der Waals surface area contributed by atoms with E-state index < -0.39 is 61.9 Å². The minimum absolute atomic E-state index is 0.0359. The van der Waals surface area contributed by atoms with E-state index in [2.05, 4.69) is 15.9 Å². The van der Waals surface area contributed by atoms with E-state index in [1.165, 1.54) is 42.5 Å². The van der Waals surface area contributed by atoms with Gasteiger partial charge in [-0.3, -0.25) is 19.2 Å². The Balaban J connectivity index is 1.32. The number of Topliss-reactive ketones (excluding diaryl/α,β-unsaturated/α-hetero) is 1. The fourth-order valence-corrected chi connectivity index (χ4v) is 9.62. The van der Waals surface area contributed by atoms with Gasteiger partial charge in [0.2, 0.25) is 0 Å². The maximum absolute atomic E-state index is 14.1. The quantitative estimate of drug-likeness (QED) is 0.0775. The first-order chi connectivity index (χ1) is 22.5. The topological polar surface area (TPSA) is 101 Å². The van der Waals surface area contributed by atoms with Crippen LogP contribution in [0.25, 0.3) is 0 Å². The summed E-state index contributed by atoms with van der Waals surface area (Å²) in [5, 5.41) is 0.497. The number of ether oxygens (including phenoxy) is 1. The van der Waals surface area contributed by atoms with Crippen LogP contribution in [-0.4, -0.2) is 60.1 Å². The SMILES string of the molecule is O=C(CN(C(=O)c1ccc(Cl)cc1Cl)N1C(=O)[C@@H]2[C@@H](C1=O)[C@@]1(Cl)C(Cl)=C(Cl)[C@@]2(Cl)C1(Cl)Cl)c1ccc(OC(=O)c2ccc(Br)cc2)cc1. The lowest BCUT2D eigenvalue weighted by Gasteiger charge is -2.36. The molecule has 6 rings (SSSR count). The van der Waals surface area contributed by atoms with Crippen molar-refractivity contribution in [2.24, 2.45) is 11.8 Å². The molecule has 4 atom stereocenters. The Kier molecular flexibility index (Phi) is 9.40. The number of amides is 3. The molecule has 0 aromatic heterocycles. The Labute approximate surface area is 320 Å². The maximum Gasteiger partial charge on any atom is 0.343 e. The van der Waals surface area contributed by atoms with Gasteiger partial charge in [0.15, 0.2) is 10.1 Å². The molecule has 248 valence electrons. The number of esters is 1. The van der Waals surface area contributed by atoms with Crippen molar-refractivity contribution in [2.45, 2.75) is 14.1 Å². The highest BCUT2D eigenvalue weighted by atomic mass is 79.9. The van der Waals surface area contributed by atoms with Gasteiger partial charge in [0.05, 0.1) is 38.0 Å². The van der Waals surface area contributed by atoms with Crippen molar-refractivity contribution in [3.8, 4) is 5.75 Å². The number of allylic oxidation sites excluding steroid dienone is 2. The van der Waals surface area contributed by atoms with Crippen LogP contribution in [0.15, 0.2) is 81.3 Å². The Bertz CT molecular complexity index is 1930. The van der Waals surface area contributed by atoms with Crippen LogP contribution in [0.4, 0.5) is 0 Å². The molecule has 0 spiro atoms.